The lowest BCUT2D eigenvalue weighted by molar-refractivity contribution is -0.138. The summed E-state index contributed by atoms with van der Waals surface area (Å²) in [6.07, 6.45) is 1.67. The van der Waals surface area contributed by atoms with Crippen molar-refractivity contribution < 1.29 is 9.59 Å². The van der Waals surface area contributed by atoms with Crippen molar-refractivity contribution >= 4 is 35.0 Å². The number of piperazine rings is 1. The number of carbonyl (C=O) groups excluding carboxylic acids is 2. The fraction of sp³-hybridized carbons (Fsp3) is 0.556. The molecule has 2 atom stereocenters. The molecule has 2 heterocycles. The number of amides is 2. The summed E-state index contributed by atoms with van der Waals surface area (Å²) in [4.78, 5) is 29.3. The maximum Gasteiger partial charge on any atom is 0.253 e. The molecule has 2 aliphatic rings. The summed E-state index contributed by atoms with van der Waals surface area (Å²) in [6.45, 7) is 5.51. The zero-order valence-corrected chi connectivity index (χ0v) is 15.8. The van der Waals surface area contributed by atoms with Gasteiger partial charge >= 0.3 is 0 Å². The molecule has 5 nitrogen and oxygen atoms in total. The molecule has 0 saturated carbocycles. The van der Waals surface area contributed by atoms with Crippen molar-refractivity contribution in [3.63, 3.8) is 0 Å². The average molecular weight is 384 g/mol. The minimum atomic E-state index is -0.120. The molecule has 0 bridgehead atoms. The van der Waals surface area contributed by atoms with E-state index in [0.29, 0.717) is 34.7 Å². The van der Waals surface area contributed by atoms with Gasteiger partial charge in [-0.2, -0.15) is 0 Å². The molecule has 1 aromatic carbocycles. The predicted molar refractivity (Wildman–Crippen MR) is 99.1 cm³/mol. The molecule has 0 aliphatic carbocycles. The standard InChI is InChI=1S/C18H23Cl2N3O2/c1-12-10-23(8-6-21-12)18(25)14-3-2-7-22(11-14)17(24)13-4-5-15(19)16(20)9-13/h4-5,9,12,14,21H,2-3,6-8,10-11H2,1H3. The Morgan fingerprint density at radius 2 is 1.92 bits per heavy atom. The fourth-order valence-corrected chi connectivity index (χ4v) is 3.86. The summed E-state index contributed by atoms with van der Waals surface area (Å²) in [6, 6.07) is 5.22. The maximum atomic E-state index is 12.8. The Kier molecular flexibility index (Phi) is 5.87. The molecule has 7 heteroatoms. The number of carbonyl (C=O) groups is 2. The molecule has 0 aromatic heterocycles. The maximum absolute atomic E-state index is 12.8. The van der Waals surface area contributed by atoms with Crippen LogP contribution in [0.1, 0.15) is 30.1 Å². The van der Waals surface area contributed by atoms with E-state index in [4.69, 9.17) is 23.2 Å². The number of hydrogen-bond donors (Lipinski definition) is 1. The van der Waals surface area contributed by atoms with Crippen molar-refractivity contribution in [3.05, 3.63) is 33.8 Å². The van der Waals surface area contributed by atoms with Crippen molar-refractivity contribution in [3.8, 4) is 0 Å². The smallest absolute Gasteiger partial charge is 0.253 e. The minimum Gasteiger partial charge on any atom is -0.340 e. The van der Waals surface area contributed by atoms with Gasteiger partial charge in [0.05, 0.1) is 16.0 Å². The Morgan fingerprint density at radius 3 is 2.64 bits per heavy atom. The van der Waals surface area contributed by atoms with Crippen LogP contribution in [0.2, 0.25) is 10.0 Å². The number of benzene rings is 1. The van der Waals surface area contributed by atoms with E-state index < -0.39 is 0 Å². The van der Waals surface area contributed by atoms with E-state index in [1.54, 1.807) is 23.1 Å². The van der Waals surface area contributed by atoms with Crippen LogP contribution in [0, 0.1) is 5.92 Å². The molecule has 3 rings (SSSR count). The van der Waals surface area contributed by atoms with Crippen LogP contribution in [0.15, 0.2) is 18.2 Å². The molecule has 2 saturated heterocycles. The second kappa shape index (κ2) is 7.94. The van der Waals surface area contributed by atoms with Gasteiger partial charge in [0, 0.05) is 44.3 Å². The Morgan fingerprint density at radius 1 is 1.12 bits per heavy atom. The SMILES string of the molecule is CC1CN(C(=O)C2CCCN(C(=O)c3ccc(Cl)c(Cl)c3)C2)CCN1. The Bertz CT molecular complexity index is 668. The van der Waals surface area contributed by atoms with Crippen LogP contribution in [-0.4, -0.2) is 60.4 Å². The van der Waals surface area contributed by atoms with E-state index in [2.05, 4.69) is 12.2 Å². The molecular weight excluding hydrogens is 361 g/mol. The van der Waals surface area contributed by atoms with Gasteiger partial charge in [-0.05, 0) is 38.0 Å². The highest BCUT2D eigenvalue weighted by Gasteiger charge is 2.33. The molecular formula is C18H23Cl2N3O2. The molecule has 2 unspecified atom stereocenters. The van der Waals surface area contributed by atoms with Crippen LogP contribution in [0.4, 0.5) is 0 Å². The highest BCUT2D eigenvalue weighted by molar-refractivity contribution is 6.42. The quantitative estimate of drug-likeness (QED) is 0.853. The van der Waals surface area contributed by atoms with E-state index in [1.807, 2.05) is 4.90 Å². The van der Waals surface area contributed by atoms with Gasteiger partial charge in [0.25, 0.3) is 5.91 Å². The van der Waals surface area contributed by atoms with E-state index in [1.165, 1.54) is 0 Å². The topological polar surface area (TPSA) is 52.7 Å². The lowest BCUT2D eigenvalue weighted by Crippen LogP contribution is -2.54. The van der Waals surface area contributed by atoms with Crippen LogP contribution in [0.5, 0.6) is 0 Å². The average Bonchev–Trinajstić information content (AvgIpc) is 2.63. The second-order valence-corrected chi connectivity index (χ2v) is 7.67. The van der Waals surface area contributed by atoms with E-state index in [-0.39, 0.29) is 17.7 Å². The molecule has 0 radical (unpaired) electrons. The van der Waals surface area contributed by atoms with Gasteiger partial charge in [-0.3, -0.25) is 9.59 Å². The summed E-state index contributed by atoms with van der Waals surface area (Å²) in [5, 5.41) is 4.14. The third-order valence-corrected chi connectivity index (χ3v) is 5.64. The summed E-state index contributed by atoms with van der Waals surface area (Å²) in [5.74, 6) is -0.0458. The number of hydrogen-bond acceptors (Lipinski definition) is 3. The summed E-state index contributed by atoms with van der Waals surface area (Å²) in [5.41, 5.74) is 0.512. The Labute approximate surface area is 158 Å². The molecule has 0 spiro atoms. The fourth-order valence-electron chi connectivity index (χ4n) is 3.57. The van der Waals surface area contributed by atoms with Crippen LogP contribution in [0.3, 0.4) is 0 Å². The number of rotatable bonds is 2. The molecule has 2 amide bonds. The summed E-state index contributed by atoms with van der Waals surface area (Å²) >= 11 is 11.9. The third-order valence-electron chi connectivity index (χ3n) is 4.90. The zero-order chi connectivity index (χ0) is 18.0. The van der Waals surface area contributed by atoms with Crippen LogP contribution < -0.4 is 5.32 Å². The van der Waals surface area contributed by atoms with E-state index in [0.717, 1.165) is 32.5 Å². The normalized spacial score (nSPS) is 24.3. The van der Waals surface area contributed by atoms with Crippen LogP contribution in [-0.2, 0) is 4.79 Å². The first-order valence-electron chi connectivity index (χ1n) is 8.72. The lowest BCUT2D eigenvalue weighted by atomic mass is 9.95. The van der Waals surface area contributed by atoms with Gasteiger partial charge in [-0.25, -0.2) is 0 Å². The number of piperidine rings is 1. The number of halogens is 2. The van der Waals surface area contributed by atoms with Crippen molar-refractivity contribution in [2.45, 2.75) is 25.8 Å². The van der Waals surface area contributed by atoms with Crippen molar-refractivity contribution in [2.75, 3.05) is 32.7 Å². The van der Waals surface area contributed by atoms with Crippen molar-refractivity contribution in [2.24, 2.45) is 5.92 Å². The zero-order valence-electron chi connectivity index (χ0n) is 14.3. The molecule has 25 heavy (non-hydrogen) atoms. The number of nitrogens with zero attached hydrogens (tertiary/aromatic N) is 2. The molecule has 136 valence electrons. The van der Waals surface area contributed by atoms with E-state index in [9.17, 15) is 9.59 Å². The van der Waals surface area contributed by atoms with Gasteiger partial charge in [-0.1, -0.05) is 23.2 Å². The highest BCUT2D eigenvalue weighted by Crippen LogP contribution is 2.25. The molecule has 1 aromatic rings. The monoisotopic (exact) mass is 383 g/mol. The van der Waals surface area contributed by atoms with Crippen molar-refractivity contribution in [1.82, 2.24) is 15.1 Å². The summed E-state index contributed by atoms with van der Waals surface area (Å²) < 4.78 is 0. The first kappa shape index (κ1) is 18.5. The predicted octanol–water partition coefficient (Wildman–Crippen LogP) is 2.67. The Balaban J connectivity index is 1.66. The second-order valence-electron chi connectivity index (χ2n) is 6.86. The first-order valence-corrected chi connectivity index (χ1v) is 9.48. The van der Waals surface area contributed by atoms with Gasteiger partial charge in [0.1, 0.15) is 0 Å². The number of nitrogens with one attached hydrogen (secondary N) is 1. The highest BCUT2D eigenvalue weighted by atomic mass is 35.5. The molecule has 2 fully saturated rings. The van der Waals surface area contributed by atoms with Crippen LogP contribution >= 0.6 is 23.2 Å². The minimum absolute atomic E-state index is 0.0928. The largest absolute Gasteiger partial charge is 0.340 e. The third kappa shape index (κ3) is 4.27. The summed E-state index contributed by atoms with van der Waals surface area (Å²) in [7, 11) is 0. The van der Waals surface area contributed by atoms with Gasteiger partial charge < -0.3 is 15.1 Å². The van der Waals surface area contributed by atoms with Gasteiger partial charge in [-0.15, -0.1) is 0 Å². The van der Waals surface area contributed by atoms with Crippen molar-refractivity contribution in [1.29, 1.82) is 0 Å². The van der Waals surface area contributed by atoms with Gasteiger partial charge in [0.15, 0.2) is 0 Å². The Hall–Kier alpha value is -1.30. The lowest BCUT2D eigenvalue weighted by Gasteiger charge is -2.38. The van der Waals surface area contributed by atoms with Gasteiger partial charge in [0.2, 0.25) is 5.91 Å². The molecule has 1 N–H and O–H groups in total. The van der Waals surface area contributed by atoms with E-state index >= 15 is 0 Å². The van der Waals surface area contributed by atoms with Crippen LogP contribution in [0.25, 0.3) is 0 Å². The molecule has 2 aliphatic heterocycles. The first-order chi connectivity index (χ1) is 12.0. The number of likely N-dealkylation sites (tertiary alicyclic amines) is 1.